The van der Waals surface area contributed by atoms with Crippen molar-refractivity contribution in [3.05, 3.63) is 42.5 Å². The summed E-state index contributed by atoms with van der Waals surface area (Å²) in [6.45, 7) is 3.94. The van der Waals surface area contributed by atoms with E-state index in [4.69, 9.17) is 4.74 Å². The van der Waals surface area contributed by atoms with E-state index < -0.39 is 11.8 Å². The van der Waals surface area contributed by atoms with Gasteiger partial charge in [-0.15, -0.1) is 11.8 Å². The Morgan fingerprint density at radius 2 is 1.82 bits per heavy atom. The Morgan fingerprint density at radius 1 is 1.09 bits per heavy atom. The summed E-state index contributed by atoms with van der Waals surface area (Å²) in [6.07, 6.45) is 1.51. The number of benzene rings is 2. The molecule has 4 heteroatoms. The minimum absolute atomic E-state index is 0.226. The summed E-state index contributed by atoms with van der Waals surface area (Å²) in [6, 6.07) is 14.2. The highest BCUT2D eigenvalue weighted by atomic mass is 32.2. The fourth-order valence-electron chi connectivity index (χ4n) is 2.24. The fourth-order valence-corrected chi connectivity index (χ4v) is 3.47. The van der Waals surface area contributed by atoms with Crippen LogP contribution >= 0.6 is 11.8 Å². The zero-order valence-corrected chi connectivity index (χ0v) is 13.7. The summed E-state index contributed by atoms with van der Waals surface area (Å²) in [5.74, 6) is -1.17. The first-order chi connectivity index (χ1) is 10.7. The first-order valence-electron chi connectivity index (χ1n) is 7.52. The molecule has 0 aromatic heterocycles. The van der Waals surface area contributed by atoms with E-state index in [1.165, 1.54) is 11.8 Å². The average Bonchev–Trinajstić information content (AvgIpc) is 2.54. The maximum Gasteiger partial charge on any atom is 0.375 e. The molecule has 0 radical (unpaired) electrons. The molecule has 0 fully saturated rings. The third-order valence-corrected chi connectivity index (χ3v) is 4.58. The van der Waals surface area contributed by atoms with Gasteiger partial charge in [0.05, 0.1) is 11.9 Å². The zero-order chi connectivity index (χ0) is 15.9. The molecule has 0 aliphatic rings. The monoisotopic (exact) mass is 316 g/mol. The lowest BCUT2D eigenvalue weighted by Crippen LogP contribution is -2.28. The van der Waals surface area contributed by atoms with Crippen LogP contribution in [0.5, 0.6) is 0 Å². The van der Waals surface area contributed by atoms with Gasteiger partial charge in [0.15, 0.2) is 0 Å². The van der Waals surface area contributed by atoms with Gasteiger partial charge in [-0.2, -0.15) is 0 Å². The van der Waals surface area contributed by atoms with E-state index >= 15 is 0 Å². The molecule has 0 aliphatic carbocycles. The lowest BCUT2D eigenvalue weighted by molar-refractivity contribution is -0.153. The summed E-state index contributed by atoms with van der Waals surface area (Å²) in [5.41, 5.74) is 0. The highest BCUT2D eigenvalue weighted by Crippen LogP contribution is 2.30. The molecule has 2 rings (SSSR count). The van der Waals surface area contributed by atoms with Crippen molar-refractivity contribution >= 4 is 34.3 Å². The first kappa shape index (κ1) is 16.6. The Morgan fingerprint density at radius 3 is 2.50 bits per heavy atom. The van der Waals surface area contributed by atoms with Gasteiger partial charge in [-0.3, -0.25) is 4.79 Å². The van der Waals surface area contributed by atoms with Crippen LogP contribution in [0.4, 0.5) is 0 Å². The summed E-state index contributed by atoms with van der Waals surface area (Å²) < 4.78 is 4.84. The van der Waals surface area contributed by atoms with E-state index in [-0.39, 0.29) is 11.9 Å². The second kappa shape index (κ2) is 7.99. The third kappa shape index (κ3) is 4.10. The molecule has 0 heterocycles. The Hall–Kier alpha value is -1.81. The molecule has 3 nitrogen and oxygen atoms in total. The second-order valence-electron chi connectivity index (χ2n) is 4.99. The van der Waals surface area contributed by atoms with E-state index in [1.807, 2.05) is 37.3 Å². The Bertz CT molecular complexity index is 666. The van der Waals surface area contributed by atoms with E-state index in [9.17, 15) is 9.59 Å². The zero-order valence-electron chi connectivity index (χ0n) is 12.9. The number of thioether (sulfide) groups is 1. The molecule has 0 spiro atoms. The van der Waals surface area contributed by atoms with Crippen LogP contribution in [0.15, 0.2) is 47.4 Å². The normalized spacial score (nSPS) is 12.1. The molecule has 0 saturated carbocycles. The van der Waals surface area contributed by atoms with Crippen molar-refractivity contribution in [3.63, 3.8) is 0 Å². The van der Waals surface area contributed by atoms with Gasteiger partial charge >= 0.3 is 5.97 Å². The summed E-state index contributed by atoms with van der Waals surface area (Å²) >= 11 is 1.44. The molecule has 1 atom stereocenters. The van der Waals surface area contributed by atoms with Crippen LogP contribution in [0.2, 0.25) is 0 Å². The van der Waals surface area contributed by atoms with Gasteiger partial charge in [-0.25, -0.2) is 4.79 Å². The van der Waals surface area contributed by atoms with Crippen molar-refractivity contribution in [3.8, 4) is 0 Å². The van der Waals surface area contributed by atoms with Gasteiger partial charge in [0.1, 0.15) is 0 Å². The molecule has 0 saturated heterocycles. The number of ether oxygens (including phenoxy) is 1. The molecule has 1 unspecified atom stereocenters. The van der Waals surface area contributed by atoms with E-state index in [0.29, 0.717) is 6.42 Å². The van der Waals surface area contributed by atoms with Crippen molar-refractivity contribution in [1.82, 2.24) is 0 Å². The van der Waals surface area contributed by atoms with E-state index in [1.54, 1.807) is 6.92 Å². The first-order valence-corrected chi connectivity index (χ1v) is 8.40. The van der Waals surface area contributed by atoms with Crippen LogP contribution < -0.4 is 0 Å². The highest BCUT2D eigenvalue weighted by molar-refractivity contribution is 8.00. The molecular weight excluding hydrogens is 296 g/mol. The largest absolute Gasteiger partial charge is 0.460 e. The molecule has 2 aromatic carbocycles. The maximum atomic E-state index is 12.2. The van der Waals surface area contributed by atoms with Crippen LogP contribution in [0, 0.1) is 0 Å². The average molecular weight is 316 g/mol. The van der Waals surface area contributed by atoms with Gasteiger partial charge < -0.3 is 4.74 Å². The van der Waals surface area contributed by atoms with E-state index in [0.717, 1.165) is 22.1 Å². The van der Waals surface area contributed by atoms with Crippen LogP contribution in [0.1, 0.15) is 26.7 Å². The van der Waals surface area contributed by atoms with Crippen molar-refractivity contribution in [2.24, 2.45) is 0 Å². The Labute approximate surface area is 135 Å². The molecule has 0 bridgehead atoms. The van der Waals surface area contributed by atoms with Gasteiger partial charge in [-0.1, -0.05) is 43.7 Å². The molecular formula is C18H20O3S. The molecule has 0 N–H and O–H groups in total. The maximum absolute atomic E-state index is 12.2. The van der Waals surface area contributed by atoms with Crippen LogP contribution in [-0.4, -0.2) is 23.6 Å². The van der Waals surface area contributed by atoms with Crippen molar-refractivity contribution in [1.29, 1.82) is 0 Å². The lowest BCUT2D eigenvalue weighted by atomic mass is 10.1. The summed E-state index contributed by atoms with van der Waals surface area (Å²) in [5, 5.41) is 1.91. The summed E-state index contributed by atoms with van der Waals surface area (Å²) in [4.78, 5) is 24.9. The quantitative estimate of drug-likeness (QED) is 0.435. The van der Waals surface area contributed by atoms with Gasteiger partial charge in [0.2, 0.25) is 0 Å². The smallest absolute Gasteiger partial charge is 0.375 e. The number of rotatable bonds is 7. The number of esters is 1. The number of hydrogen-bond donors (Lipinski definition) is 0. The van der Waals surface area contributed by atoms with Crippen LogP contribution in [0.25, 0.3) is 10.8 Å². The number of carbonyl (C=O) groups excluding carboxylic acids is 2. The minimum atomic E-state index is -0.728. The predicted molar refractivity (Wildman–Crippen MR) is 90.1 cm³/mol. The SMILES string of the molecule is CCCC(Sc1ccc2ccccc2c1)C(=O)C(=O)OCC. The molecule has 116 valence electrons. The number of hydrogen-bond acceptors (Lipinski definition) is 4. The summed E-state index contributed by atoms with van der Waals surface area (Å²) in [7, 11) is 0. The third-order valence-electron chi connectivity index (χ3n) is 3.32. The highest BCUT2D eigenvalue weighted by Gasteiger charge is 2.26. The molecule has 22 heavy (non-hydrogen) atoms. The van der Waals surface area contributed by atoms with Gasteiger partial charge in [0, 0.05) is 4.90 Å². The van der Waals surface area contributed by atoms with Gasteiger partial charge in [0.25, 0.3) is 5.78 Å². The predicted octanol–water partition coefficient (Wildman–Crippen LogP) is 4.23. The number of Topliss-reactive ketones (excluding diaryl/α,β-unsaturated/α-hetero) is 1. The lowest BCUT2D eigenvalue weighted by Gasteiger charge is -2.14. The molecule has 2 aromatic rings. The standard InChI is InChI=1S/C18H20O3S/c1-3-7-16(17(19)18(20)21-4-2)22-15-11-10-13-8-5-6-9-14(13)12-15/h5-6,8-12,16H,3-4,7H2,1-2H3. The van der Waals surface area contributed by atoms with E-state index in [2.05, 4.69) is 12.1 Å². The van der Waals surface area contributed by atoms with Crippen LogP contribution in [0.3, 0.4) is 0 Å². The van der Waals surface area contributed by atoms with Crippen molar-refractivity contribution in [2.75, 3.05) is 6.61 Å². The minimum Gasteiger partial charge on any atom is -0.460 e. The van der Waals surface area contributed by atoms with Crippen LogP contribution in [-0.2, 0) is 14.3 Å². The number of fused-ring (bicyclic) bond motifs is 1. The molecule has 0 amide bonds. The number of ketones is 1. The Kier molecular flexibility index (Phi) is 6.01. The van der Waals surface area contributed by atoms with Crippen molar-refractivity contribution in [2.45, 2.75) is 36.8 Å². The molecule has 0 aliphatic heterocycles. The topological polar surface area (TPSA) is 43.4 Å². The Balaban J connectivity index is 2.18. The fraction of sp³-hybridized carbons (Fsp3) is 0.333. The number of carbonyl (C=O) groups is 2. The van der Waals surface area contributed by atoms with Gasteiger partial charge in [-0.05, 0) is 36.2 Å². The van der Waals surface area contributed by atoms with Crippen molar-refractivity contribution < 1.29 is 14.3 Å². The second-order valence-corrected chi connectivity index (χ2v) is 6.26.